The first-order chi connectivity index (χ1) is 8.77. The maximum Gasteiger partial charge on any atom is 0.133 e. The Hall–Kier alpha value is -1.13. The van der Waals surface area contributed by atoms with Crippen LogP contribution in [0, 0.1) is 0 Å². The highest BCUT2D eigenvalue weighted by Crippen LogP contribution is 2.27. The molecule has 1 unspecified atom stereocenters. The SMILES string of the molecule is CC1(O)CCN(c2ncccc2CNC(C)(C)C)C1. The number of nitrogens with zero attached hydrogens (tertiary/aromatic N) is 2. The Labute approximate surface area is 115 Å². The monoisotopic (exact) mass is 263 g/mol. The van der Waals surface area contributed by atoms with Crippen LogP contribution in [0.4, 0.5) is 5.82 Å². The normalized spacial score (nSPS) is 23.9. The minimum Gasteiger partial charge on any atom is -0.388 e. The van der Waals surface area contributed by atoms with Crippen molar-refractivity contribution >= 4 is 5.82 Å². The second-order valence-corrected chi connectivity index (χ2v) is 6.76. The van der Waals surface area contributed by atoms with Crippen molar-refractivity contribution in [3.8, 4) is 0 Å². The molecule has 19 heavy (non-hydrogen) atoms. The van der Waals surface area contributed by atoms with Crippen molar-refractivity contribution in [2.75, 3.05) is 18.0 Å². The summed E-state index contributed by atoms with van der Waals surface area (Å²) in [6.07, 6.45) is 2.62. The summed E-state index contributed by atoms with van der Waals surface area (Å²) in [5.74, 6) is 0.997. The number of pyridine rings is 1. The van der Waals surface area contributed by atoms with Crippen LogP contribution in [0.15, 0.2) is 18.3 Å². The molecule has 0 amide bonds. The van der Waals surface area contributed by atoms with Gasteiger partial charge in [0.25, 0.3) is 0 Å². The second-order valence-electron chi connectivity index (χ2n) is 6.76. The van der Waals surface area contributed by atoms with E-state index in [2.05, 4.69) is 42.0 Å². The molecule has 2 rings (SSSR count). The molecule has 1 saturated heterocycles. The fraction of sp³-hybridized carbons (Fsp3) is 0.667. The van der Waals surface area contributed by atoms with Crippen LogP contribution < -0.4 is 10.2 Å². The number of aromatic nitrogens is 1. The van der Waals surface area contributed by atoms with E-state index >= 15 is 0 Å². The van der Waals surface area contributed by atoms with Gasteiger partial charge >= 0.3 is 0 Å². The number of anilines is 1. The van der Waals surface area contributed by atoms with Crippen LogP contribution in [0.3, 0.4) is 0 Å². The highest BCUT2D eigenvalue weighted by molar-refractivity contribution is 5.48. The van der Waals surface area contributed by atoms with Crippen molar-refractivity contribution in [3.05, 3.63) is 23.9 Å². The average molecular weight is 263 g/mol. The van der Waals surface area contributed by atoms with E-state index in [1.54, 1.807) is 0 Å². The first-order valence-corrected chi connectivity index (χ1v) is 6.93. The molecule has 1 aromatic heterocycles. The fourth-order valence-corrected chi connectivity index (χ4v) is 2.34. The highest BCUT2D eigenvalue weighted by Gasteiger charge is 2.32. The Morgan fingerprint density at radius 2 is 2.21 bits per heavy atom. The highest BCUT2D eigenvalue weighted by atomic mass is 16.3. The van der Waals surface area contributed by atoms with Crippen molar-refractivity contribution in [2.24, 2.45) is 0 Å². The Bertz CT molecular complexity index is 437. The quantitative estimate of drug-likeness (QED) is 0.875. The van der Waals surface area contributed by atoms with Gasteiger partial charge in [0.1, 0.15) is 5.82 Å². The Kier molecular flexibility index (Phi) is 3.83. The number of aliphatic hydroxyl groups is 1. The largest absolute Gasteiger partial charge is 0.388 e. The Morgan fingerprint density at radius 1 is 1.47 bits per heavy atom. The lowest BCUT2D eigenvalue weighted by Gasteiger charge is -2.25. The molecule has 4 heteroatoms. The molecule has 0 bridgehead atoms. The van der Waals surface area contributed by atoms with Gasteiger partial charge in [-0.25, -0.2) is 4.98 Å². The van der Waals surface area contributed by atoms with Crippen LogP contribution in [0.2, 0.25) is 0 Å². The summed E-state index contributed by atoms with van der Waals surface area (Å²) < 4.78 is 0. The zero-order valence-electron chi connectivity index (χ0n) is 12.4. The maximum atomic E-state index is 10.1. The Balaban J connectivity index is 2.13. The van der Waals surface area contributed by atoms with E-state index in [9.17, 15) is 5.11 Å². The fourth-order valence-electron chi connectivity index (χ4n) is 2.34. The standard InChI is InChI=1S/C15H25N3O/c1-14(2,3)17-10-12-6-5-8-16-13(12)18-9-7-15(4,19)11-18/h5-6,8,17,19H,7,9-11H2,1-4H3. The molecule has 2 heterocycles. The molecule has 1 aliphatic rings. The van der Waals surface area contributed by atoms with E-state index in [-0.39, 0.29) is 5.54 Å². The molecule has 1 fully saturated rings. The number of hydrogen-bond donors (Lipinski definition) is 2. The molecule has 0 saturated carbocycles. The van der Waals surface area contributed by atoms with Crippen molar-refractivity contribution in [3.63, 3.8) is 0 Å². The predicted molar refractivity (Wildman–Crippen MR) is 78.3 cm³/mol. The van der Waals surface area contributed by atoms with E-state index in [4.69, 9.17) is 0 Å². The van der Waals surface area contributed by atoms with E-state index in [1.165, 1.54) is 5.56 Å². The minimum absolute atomic E-state index is 0.0869. The van der Waals surface area contributed by atoms with Crippen molar-refractivity contribution in [1.29, 1.82) is 0 Å². The van der Waals surface area contributed by atoms with Gasteiger partial charge in [0.05, 0.1) is 5.60 Å². The molecular weight excluding hydrogens is 238 g/mol. The molecule has 0 spiro atoms. The van der Waals surface area contributed by atoms with Gasteiger partial charge in [-0.05, 0) is 40.2 Å². The summed E-state index contributed by atoms with van der Waals surface area (Å²) in [5.41, 5.74) is 0.686. The van der Waals surface area contributed by atoms with E-state index in [0.717, 1.165) is 25.3 Å². The number of rotatable bonds is 3. The van der Waals surface area contributed by atoms with Gasteiger partial charge in [-0.1, -0.05) is 6.07 Å². The molecule has 0 aromatic carbocycles. The lowest BCUT2D eigenvalue weighted by molar-refractivity contribution is 0.0839. The summed E-state index contributed by atoms with van der Waals surface area (Å²) in [7, 11) is 0. The van der Waals surface area contributed by atoms with Crippen LogP contribution in [-0.4, -0.2) is 34.3 Å². The van der Waals surface area contributed by atoms with Crippen LogP contribution in [0.1, 0.15) is 39.7 Å². The second kappa shape index (κ2) is 5.10. The average Bonchev–Trinajstić information content (AvgIpc) is 2.66. The zero-order chi connectivity index (χ0) is 14.1. The van der Waals surface area contributed by atoms with Crippen molar-refractivity contribution in [2.45, 2.75) is 51.8 Å². The van der Waals surface area contributed by atoms with Gasteiger partial charge in [-0.15, -0.1) is 0 Å². The van der Waals surface area contributed by atoms with Crippen molar-refractivity contribution < 1.29 is 5.11 Å². The summed E-state index contributed by atoms with van der Waals surface area (Å²) >= 11 is 0. The molecular formula is C15H25N3O. The maximum absolute atomic E-state index is 10.1. The summed E-state index contributed by atoms with van der Waals surface area (Å²) in [6, 6.07) is 4.07. The molecule has 1 aromatic rings. The lowest BCUT2D eigenvalue weighted by Crippen LogP contribution is -2.36. The number of hydrogen-bond acceptors (Lipinski definition) is 4. The third-order valence-corrected chi connectivity index (χ3v) is 3.43. The topological polar surface area (TPSA) is 48.4 Å². The van der Waals surface area contributed by atoms with Crippen LogP contribution in [0.5, 0.6) is 0 Å². The van der Waals surface area contributed by atoms with E-state index in [1.807, 2.05) is 19.2 Å². The minimum atomic E-state index is -0.591. The third-order valence-electron chi connectivity index (χ3n) is 3.43. The molecule has 0 radical (unpaired) electrons. The van der Waals surface area contributed by atoms with Gasteiger partial charge in [0.15, 0.2) is 0 Å². The van der Waals surface area contributed by atoms with Gasteiger partial charge in [-0.2, -0.15) is 0 Å². The third kappa shape index (κ3) is 3.91. The molecule has 106 valence electrons. The Morgan fingerprint density at radius 3 is 2.79 bits per heavy atom. The van der Waals surface area contributed by atoms with Crippen LogP contribution in [0.25, 0.3) is 0 Å². The van der Waals surface area contributed by atoms with E-state index < -0.39 is 5.60 Å². The lowest BCUT2D eigenvalue weighted by atomic mass is 10.1. The van der Waals surface area contributed by atoms with Crippen LogP contribution in [-0.2, 0) is 6.54 Å². The van der Waals surface area contributed by atoms with E-state index in [0.29, 0.717) is 6.54 Å². The van der Waals surface area contributed by atoms with Gasteiger partial charge in [-0.3, -0.25) is 0 Å². The van der Waals surface area contributed by atoms with Gasteiger partial charge in [0.2, 0.25) is 0 Å². The molecule has 4 nitrogen and oxygen atoms in total. The molecule has 2 N–H and O–H groups in total. The summed E-state index contributed by atoms with van der Waals surface area (Å²) in [4.78, 5) is 6.68. The number of nitrogens with one attached hydrogen (secondary N) is 1. The number of β-amino-alcohol motifs (C(OH)–C–C–N with tert-alkyl or cyclic N) is 1. The van der Waals surface area contributed by atoms with Gasteiger partial charge < -0.3 is 15.3 Å². The predicted octanol–water partition coefficient (Wildman–Crippen LogP) is 1.93. The first kappa shape index (κ1) is 14.3. The molecule has 1 atom stereocenters. The smallest absolute Gasteiger partial charge is 0.133 e. The first-order valence-electron chi connectivity index (χ1n) is 6.93. The molecule has 1 aliphatic heterocycles. The van der Waals surface area contributed by atoms with Crippen LogP contribution >= 0.6 is 0 Å². The molecule has 0 aliphatic carbocycles. The van der Waals surface area contributed by atoms with Crippen molar-refractivity contribution in [1.82, 2.24) is 10.3 Å². The summed E-state index contributed by atoms with van der Waals surface area (Å²) in [5, 5.41) is 13.6. The van der Waals surface area contributed by atoms with Gasteiger partial charge in [0, 0.05) is 36.9 Å². The summed E-state index contributed by atoms with van der Waals surface area (Å²) in [6.45, 7) is 10.7. The zero-order valence-corrected chi connectivity index (χ0v) is 12.4.